The third-order valence-corrected chi connectivity index (χ3v) is 6.69. The van der Waals surface area contributed by atoms with Crippen LogP contribution in [-0.4, -0.2) is 40.7 Å². The minimum atomic E-state index is -0.301. The van der Waals surface area contributed by atoms with Gasteiger partial charge in [0.25, 0.3) is 0 Å². The lowest BCUT2D eigenvalue weighted by atomic mass is 10.2. The molecule has 2 aromatic carbocycles. The molecule has 0 spiro atoms. The Bertz CT molecular complexity index is 1040. The summed E-state index contributed by atoms with van der Waals surface area (Å²) in [6, 6.07) is 12.7. The Morgan fingerprint density at radius 1 is 1.17 bits per heavy atom. The van der Waals surface area contributed by atoms with Crippen molar-refractivity contribution in [1.82, 2.24) is 9.47 Å². The number of thioether (sulfide) groups is 1. The number of aromatic nitrogens is 1. The monoisotopic (exact) mass is 446 g/mol. The lowest BCUT2D eigenvalue weighted by Gasteiger charge is -2.35. The number of benzene rings is 2. The van der Waals surface area contributed by atoms with Crippen molar-refractivity contribution in [2.45, 2.75) is 43.2 Å². The Hall–Kier alpha value is -2.02. The van der Waals surface area contributed by atoms with Crippen molar-refractivity contribution in [3.05, 3.63) is 65.1 Å². The Morgan fingerprint density at radius 2 is 1.90 bits per heavy atom. The minimum absolute atomic E-state index is 0.0377. The van der Waals surface area contributed by atoms with E-state index < -0.39 is 0 Å². The van der Waals surface area contributed by atoms with Gasteiger partial charge >= 0.3 is 0 Å². The van der Waals surface area contributed by atoms with Crippen molar-refractivity contribution < 1.29 is 13.9 Å². The lowest BCUT2D eigenvalue weighted by molar-refractivity contribution is -0.143. The van der Waals surface area contributed by atoms with Crippen LogP contribution in [0.5, 0.6) is 0 Å². The molecule has 3 aromatic rings. The summed E-state index contributed by atoms with van der Waals surface area (Å²) >= 11 is 7.70. The van der Waals surface area contributed by atoms with Crippen LogP contribution in [0.1, 0.15) is 19.4 Å². The first-order valence-corrected chi connectivity index (χ1v) is 11.4. The maximum atomic E-state index is 14.2. The molecule has 2 atom stereocenters. The Morgan fingerprint density at radius 3 is 2.63 bits per heavy atom. The fourth-order valence-corrected chi connectivity index (χ4v) is 5.34. The van der Waals surface area contributed by atoms with Crippen LogP contribution in [0.3, 0.4) is 0 Å². The maximum absolute atomic E-state index is 14.2. The summed E-state index contributed by atoms with van der Waals surface area (Å²) in [5, 5.41) is 1.48. The molecule has 4 rings (SSSR count). The van der Waals surface area contributed by atoms with E-state index in [-0.39, 0.29) is 30.5 Å². The molecule has 2 unspecified atom stereocenters. The fraction of sp³-hybridized carbons (Fsp3) is 0.348. The van der Waals surface area contributed by atoms with Crippen molar-refractivity contribution in [2.24, 2.45) is 0 Å². The zero-order valence-electron chi connectivity index (χ0n) is 17.0. The molecule has 158 valence electrons. The number of carbonyl (C=O) groups excluding carboxylic acids is 1. The summed E-state index contributed by atoms with van der Waals surface area (Å²) in [5.74, 6) is 0.197. The molecule has 0 saturated carbocycles. The van der Waals surface area contributed by atoms with E-state index >= 15 is 0 Å². The number of ether oxygens (including phenoxy) is 1. The highest BCUT2D eigenvalue weighted by Gasteiger charge is 2.26. The highest BCUT2D eigenvalue weighted by molar-refractivity contribution is 7.98. The van der Waals surface area contributed by atoms with E-state index in [0.717, 1.165) is 15.8 Å². The van der Waals surface area contributed by atoms with Crippen LogP contribution >= 0.6 is 23.4 Å². The predicted octanol–water partition coefficient (Wildman–Crippen LogP) is 5.36. The number of para-hydroxylation sites is 1. The van der Waals surface area contributed by atoms with Crippen molar-refractivity contribution in [1.29, 1.82) is 0 Å². The highest BCUT2D eigenvalue weighted by atomic mass is 35.5. The number of halogens is 2. The fourth-order valence-electron chi connectivity index (χ4n) is 3.91. The third-order valence-electron chi connectivity index (χ3n) is 5.26. The molecule has 1 aliphatic rings. The predicted molar refractivity (Wildman–Crippen MR) is 119 cm³/mol. The standard InChI is InChI=1S/C23H24ClFN2O2S/c1-15-10-27(11-16(2)29-15)23(28)13-26-12-22(17-6-3-4-9-21(17)26)30-14-18-19(24)7-5-8-20(18)25/h3-9,12,15-16H,10-11,13-14H2,1-2H3. The van der Waals surface area contributed by atoms with Gasteiger partial charge in [0.15, 0.2) is 0 Å². The van der Waals surface area contributed by atoms with Crippen molar-refractivity contribution in [2.75, 3.05) is 13.1 Å². The Balaban J connectivity index is 1.56. The topological polar surface area (TPSA) is 34.5 Å². The number of fused-ring (bicyclic) bond motifs is 1. The van der Waals surface area contributed by atoms with Crippen LogP contribution in [0, 0.1) is 5.82 Å². The zero-order chi connectivity index (χ0) is 21.3. The molecule has 0 radical (unpaired) electrons. The molecular weight excluding hydrogens is 423 g/mol. The van der Waals surface area contributed by atoms with E-state index in [9.17, 15) is 9.18 Å². The summed E-state index contributed by atoms with van der Waals surface area (Å²) in [6.45, 7) is 5.46. The van der Waals surface area contributed by atoms with Gasteiger partial charge in [0.1, 0.15) is 12.4 Å². The van der Waals surface area contributed by atoms with Crippen LogP contribution in [0.15, 0.2) is 53.6 Å². The van der Waals surface area contributed by atoms with Crippen molar-refractivity contribution >= 4 is 40.2 Å². The van der Waals surface area contributed by atoms with Gasteiger partial charge in [-0.25, -0.2) is 4.39 Å². The Kier molecular flexibility index (Phi) is 6.37. The van der Waals surface area contributed by atoms with Crippen molar-refractivity contribution in [3.8, 4) is 0 Å². The van der Waals surface area contributed by atoms with Gasteiger partial charge in [0, 0.05) is 51.4 Å². The zero-order valence-corrected chi connectivity index (χ0v) is 18.5. The van der Waals surface area contributed by atoms with Gasteiger partial charge in [-0.1, -0.05) is 35.9 Å². The highest BCUT2D eigenvalue weighted by Crippen LogP contribution is 2.34. The summed E-state index contributed by atoms with van der Waals surface area (Å²) in [4.78, 5) is 15.8. The van der Waals surface area contributed by atoms with E-state index in [0.29, 0.717) is 29.4 Å². The molecule has 1 aliphatic heterocycles. The molecule has 30 heavy (non-hydrogen) atoms. The minimum Gasteiger partial charge on any atom is -0.372 e. The van der Waals surface area contributed by atoms with Crippen LogP contribution < -0.4 is 0 Å². The van der Waals surface area contributed by atoms with Crippen LogP contribution in [0.25, 0.3) is 10.9 Å². The number of hydrogen-bond donors (Lipinski definition) is 0. The van der Waals surface area contributed by atoms with E-state index in [4.69, 9.17) is 16.3 Å². The summed E-state index contributed by atoms with van der Waals surface area (Å²) < 4.78 is 21.9. The summed E-state index contributed by atoms with van der Waals surface area (Å²) in [7, 11) is 0. The lowest BCUT2D eigenvalue weighted by Crippen LogP contribution is -2.49. The molecular formula is C23H24ClFN2O2S. The first-order chi connectivity index (χ1) is 14.4. The van der Waals surface area contributed by atoms with Crippen LogP contribution in [0.4, 0.5) is 4.39 Å². The third kappa shape index (κ3) is 4.51. The average molecular weight is 447 g/mol. The Labute approximate surface area is 184 Å². The van der Waals surface area contributed by atoms with E-state index in [1.165, 1.54) is 17.8 Å². The molecule has 7 heteroatoms. The van der Waals surface area contributed by atoms with Gasteiger partial charge in [-0.3, -0.25) is 4.79 Å². The molecule has 0 N–H and O–H groups in total. The number of morpholine rings is 1. The van der Waals surface area contributed by atoms with E-state index in [2.05, 4.69) is 0 Å². The molecule has 2 heterocycles. The van der Waals surface area contributed by atoms with Gasteiger partial charge in [0.05, 0.1) is 12.2 Å². The quantitative estimate of drug-likeness (QED) is 0.495. The second-order valence-electron chi connectivity index (χ2n) is 7.68. The molecule has 1 fully saturated rings. The molecule has 4 nitrogen and oxygen atoms in total. The van der Waals surface area contributed by atoms with Gasteiger partial charge in [-0.2, -0.15) is 0 Å². The molecule has 1 saturated heterocycles. The smallest absolute Gasteiger partial charge is 0.242 e. The second kappa shape index (κ2) is 9.00. The van der Waals surface area contributed by atoms with Gasteiger partial charge in [-0.05, 0) is 32.0 Å². The summed E-state index contributed by atoms with van der Waals surface area (Å²) in [6.07, 6.45) is 2.06. The van der Waals surface area contributed by atoms with E-state index in [1.54, 1.807) is 12.1 Å². The molecule has 1 amide bonds. The van der Waals surface area contributed by atoms with Gasteiger partial charge in [-0.15, -0.1) is 11.8 Å². The first kappa shape index (κ1) is 21.2. The second-order valence-corrected chi connectivity index (χ2v) is 9.11. The van der Waals surface area contributed by atoms with Crippen molar-refractivity contribution in [3.63, 3.8) is 0 Å². The number of nitrogens with zero attached hydrogens (tertiary/aromatic N) is 2. The van der Waals surface area contributed by atoms with Gasteiger partial charge in [0.2, 0.25) is 5.91 Å². The average Bonchev–Trinajstić information content (AvgIpc) is 3.04. The SMILES string of the molecule is CC1CN(C(=O)Cn2cc(SCc3c(F)cccc3Cl)c3ccccc32)CC(C)O1. The molecule has 0 aliphatic carbocycles. The maximum Gasteiger partial charge on any atom is 0.242 e. The van der Waals surface area contributed by atoms with Crippen LogP contribution in [-0.2, 0) is 21.8 Å². The number of rotatable bonds is 5. The number of carbonyl (C=O) groups is 1. The van der Waals surface area contributed by atoms with Gasteiger partial charge < -0.3 is 14.2 Å². The molecule has 1 aromatic heterocycles. The number of hydrogen-bond acceptors (Lipinski definition) is 3. The molecule has 0 bridgehead atoms. The van der Waals surface area contributed by atoms with Crippen LogP contribution in [0.2, 0.25) is 5.02 Å². The number of amides is 1. The van der Waals surface area contributed by atoms with E-state index in [1.807, 2.05) is 53.8 Å². The normalized spacial score (nSPS) is 19.4. The largest absolute Gasteiger partial charge is 0.372 e. The summed E-state index contributed by atoms with van der Waals surface area (Å²) in [5.41, 5.74) is 1.48. The first-order valence-electron chi connectivity index (χ1n) is 9.99.